The Balaban J connectivity index is 0.00000280. The summed E-state index contributed by atoms with van der Waals surface area (Å²) >= 11 is 0. The van der Waals surface area contributed by atoms with Crippen molar-refractivity contribution >= 4 is 24.0 Å². The number of ether oxygens (including phenoxy) is 2. The third kappa shape index (κ3) is 3.86. The van der Waals surface area contributed by atoms with Crippen molar-refractivity contribution in [2.75, 3.05) is 12.8 Å². The van der Waals surface area contributed by atoms with Crippen molar-refractivity contribution in [3.63, 3.8) is 0 Å². The van der Waals surface area contributed by atoms with Crippen molar-refractivity contribution < 1.29 is 29.6 Å². The summed E-state index contributed by atoms with van der Waals surface area (Å²) in [6.07, 6.45) is -6.56. The number of methoxy groups -OCH3 is 1. The van der Waals surface area contributed by atoms with E-state index >= 15 is 0 Å². The molecule has 1 aliphatic rings. The van der Waals surface area contributed by atoms with Crippen LogP contribution in [0.25, 0.3) is 0 Å². The minimum atomic E-state index is -1.80. The summed E-state index contributed by atoms with van der Waals surface area (Å²) in [6.45, 7) is 0. The maximum absolute atomic E-state index is 12.6. The number of hydrogen-bond acceptors (Lipinski definition) is 9. The molecule has 5 atom stereocenters. The summed E-state index contributed by atoms with van der Waals surface area (Å²) in [5, 5.41) is 30.9. The zero-order valence-corrected chi connectivity index (χ0v) is 15.5. The number of nitrogens with zero attached hydrogens (tertiary/aromatic N) is 2. The number of benzene rings is 1. The maximum atomic E-state index is 12.6. The number of para-hydroxylation sites is 1. The molecule has 2 aromatic rings. The van der Waals surface area contributed by atoms with E-state index in [9.17, 15) is 24.9 Å². The number of Topliss-reactive ketones (excluding diaryl/α,β-unsaturated/α-hetero) is 1. The third-order valence-corrected chi connectivity index (χ3v) is 4.35. The van der Waals surface area contributed by atoms with E-state index in [0.29, 0.717) is 0 Å². The van der Waals surface area contributed by atoms with Crippen molar-refractivity contribution in [1.29, 1.82) is 0 Å². The Hall–Kier alpha value is -2.50. The number of nitrogens with two attached hydrogens (primary N) is 1. The molecule has 28 heavy (non-hydrogen) atoms. The first kappa shape index (κ1) is 21.8. The number of aliphatic hydroxyl groups excluding tert-OH is 3. The second kappa shape index (κ2) is 8.67. The number of aromatic nitrogens is 2. The molecule has 1 aromatic heterocycles. The highest BCUT2D eigenvalue weighted by atomic mass is 35.5. The lowest BCUT2D eigenvalue weighted by Gasteiger charge is -2.20. The first-order chi connectivity index (χ1) is 12.8. The van der Waals surface area contributed by atoms with Crippen molar-refractivity contribution in [2.45, 2.75) is 30.6 Å². The van der Waals surface area contributed by atoms with E-state index in [1.807, 2.05) is 0 Å². The van der Waals surface area contributed by atoms with Gasteiger partial charge >= 0.3 is 5.69 Å². The van der Waals surface area contributed by atoms with Crippen LogP contribution in [0, 0.1) is 0 Å². The van der Waals surface area contributed by atoms with Crippen LogP contribution in [0.5, 0.6) is 5.75 Å². The van der Waals surface area contributed by atoms with Gasteiger partial charge in [-0.2, -0.15) is 4.98 Å². The Morgan fingerprint density at radius 2 is 1.96 bits per heavy atom. The fourth-order valence-corrected chi connectivity index (χ4v) is 2.95. The van der Waals surface area contributed by atoms with E-state index in [0.717, 1.165) is 4.57 Å². The summed E-state index contributed by atoms with van der Waals surface area (Å²) in [4.78, 5) is 28.1. The number of ketones is 1. The molecule has 11 heteroatoms. The highest BCUT2D eigenvalue weighted by Crippen LogP contribution is 2.32. The molecule has 1 aromatic carbocycles. The van der Waals surface area contributed by atoms with Gasteiger partial charge in [-0.05, 0) is 18.2 Å². The van der Waals surface area contributed by atoms with Gasteiger partial charge in [-0.15, -0.1) is 12.4 Å². The van der Waals surface area contributed by atoms with Crippen LogP contribution >= 0.6 is 12.4 Å². The molecule has 1 aliphatic heterocycles. The SMILES string of the molecule is COc1ccccc1C(=O)C(O)[C@H]1O[C@@H](n2ccc(N)nc2=O)[C@@H](O)[C@@H]1O.Cl. The molecule has 2 heterocycles. The monoisotopic (exact) mass is 413 g/mol. The average Bonchev–Trinajstić information content (AvgIpc) is 2.95. The Labute approximate surface area is 165 Å². The largest absolute Gasteiger partial charge is 0.496 e. The summed E-state index contributed by atoms with van der Waals surface area (Å²) in [6, 6.07) is 7.56. The molecule has 152 valence electrons. The molecule has 0 radical (unpaired) electrons. The third-order valence-electron chi connectivity index (χ3n) is 4.35. The molecule has 1 unspecified atom stereocenters. The molecule has 3 rings (SSSR count). The quantitative estimate of drug-likeness (QED) is 0.457. The molecule has 10 nitrogen and oxygen atoms in total. The van der Waals surface area contributed by atoms with Gasteiger partial charge in [0.05, 0.1) is 12.7 Å². The molecule has 0 bridgehead atoms. The lowest BCUT2D eigenvalue weighted by molar-refractivity contribution is -0.0752. The molecule has 0 aliphatic carbocycles. The number of carbonyl (C=O) groups excluding carboxylic acids is 1. The molecular weight excluding hydrogens is 394 g/mol. The first-order valence-electron chi connectivity index (χ1n) is 8.06. The van der Waals surface area contributed by atoms with Crippen LogP contribution in [0.1, 0.15) is 16.6 Å². The van der Waals surface area contributed by atoms with Crippen LogP contribution in [0.2, 0.25) is 0 Å². The van der Waals surface area contributed by atoms with Gasteiger partial charge in [0.1, 0.15) is 36.0 Å². The lowest BCUT2D eigenvalue weighted by Crippen LogP contribution is -2.43. The summed E-state index contributed by atoms with van der Waals surface area (Å²) < 4.78 is 11.5. The summed E-state index contributed by atoms with van der Waals surface area (Å²) in [5.74, 6) is -0.538. The molecule has 0 amide bonds. The van der Waals surface area contributed by atoms with E-state index in [1.54, 1.807) is 18.2 Å². The molecule has 1 fully saturated rings. The van der Waals surface area contributed by atoms with Crippen LogP contribution in [0.15, 0.2) is 41.3 Å². The van der Waals surface area contributed by atoms with Crippen molar-refractivity contribution in [2.24, 2.45) is 0 Å². The zero-order valence-electron chi connectivity index (χ0n) is 14.7. The van der Waals surface area contributed by atoms with Crippen molar-refractivity contribution in [1.82, 2.24) is 9.55 Å². The van der Waals surface area contributed by atoms with Crippen LogP contribution < -0.4 is 16.2 Å². The standard InChI is InChI=1S/C17H19N3O7.ClH/c1-26-9-5-3-2-4-8(9)11(21)12(22)15-13(23)14(24)16(27-15)20-7-6-10(18)19-17(20)25;/h2-7,12-16,22-24H,1H3,(H2,18,19,25);1H/t12?,13-,14-,15+,16+;/m0./s1. The fraction of sp³-hybridized carbons (Fsp3) is 0.353. The normalized spacial score (nSPS) is 25.0. The second-order valence-corrected chi connectivity index (χ2v) is 6.02. The summed E-state index contributed by atoms with van der Waals surface area (Å²) in [7, 11) is 1.37. The topological polar surface area (TPSA) is 157 Å². The average molecular weight is 414 g/mol. The van der Waals surface area contributed by atoms with Gasteiger partial charge in [0.15, 0.2) is 12.0 Å². The highest BCUT2D eigenvalue weighted by Gasteiger charge is 2.49. The Bertz CT molecular complexity index is 906. The number of anilines is 1. The van der Waals surface area contributed by atoms with Gasteiger partial charge in [0, 0.05) is 6.20 Å². The number of halogens is 1. The Morgan fingerprint density at radius 3 is 2.61 bits per heavy atom. The Morgan fingerprint density at radius 1 is 1.29 bits per heavy atom. The van der Waals surface area contributed by atoms with E-state index in [1.165, 1.54) is 25.4 Å². The van der Waals surface area contributed by atoms with Gasteiger partial charge in [0.2, 0.25) is 0 Å². The number of hydrogen-bond donors (Lipinski definition) is 4. The van der Waals surface area contributed by atoms with Gasteiger partial charge < -0.3 is 30.5 Å². The van der Waals surface area contributed by atoms with Crippen LogP contribution in [-0.2, 0) is 4.74 Å². The smallest absolute Gasteiger partial charge is 0.351 e. The van der Waals surface area contributed by atoms with Gasteiger partial charge in [-0.3, -0.25) is 9.36 Å². The number of aliphatic hydroxyl groups is 3. The Kier molecular flexibility index (Phi) is 6.75. The van der Waals surface area contributed by atoms with Crippen LogP contribution in [0.4, 0.5) is 5.82 Å². The van der Waals surface area contributed by atoms with E-state index in [-0.39, 0.29) is 29.5 Å². The first-order valence-corrected chi connectivity index (χ1v) is 8.06. The lowest BCUT2D eigenvalue weighted by atomic mass is 9.97. The highest BCUT2D eigenvalue weighted by molar-refractivity contribution is 6.02. The van der Waals surface area contributed by atoms with Crippen LogP contribution in [0.3, 0.4) is 0 Å². The van der Waals surface area contributed by atoms with E-state index in [4.69, 9.17) is 15.2 Å². The molecule has 5 N–H and O–H groups in total. The zero-order chi connectivity index (χ0) is 19.7. The van der Waals surface area contributed by atoms with Crippen molar-refractivity contribution in [3.8, 4) is 5.75 Å². The molecule has 0 saturated carbocycles. The minimum Gasteiger partial charge on any atom is -0.496 e. The maximum Gasteiger partial charge on any atom is 0.351 e. The van der Waals surface area contributed by atoms with E-state index in [2.05, 4.69) is 4.98 Å². The number of nitrogen functional groups attached to an aromatic ring is 1. The van der Waals surface area contributed by atoms with Crippen LogP contribution in [-0.4, -0.2) is 62.2 Å². The fourth-order valence-electron chi connectivity index (χ4n) is 2.95. The van der Waals surface area contributed by atoms with Crippen molar-refractivity contribution in [3.05, 3.63) is 52.6 Å². The van der Waals surface area contributed by atoms with Gasteiger partial charge in [0.25, 0.3) is 0 Å². The minimum absolute atomic E-state index is 0. The van der Waals surface area contributed by atoms with E-state index < -0.39 is 42.1 Å². The number of carbonyl (C=O) groups is 1. The predicted octanol–water partition coefficient (Wildman–Crippen LogP) is -0.881. The molecule has 0 spiro atoms. The summed E-state index contributed by atoms with van der Waals surface area (Å²) in [5.41, 5.74) is 4.70. The molecule has 1 saturated heterocycles. The predicted molar refractivity (Wildman–Crippen MR) is 99.4 cm³/mol. The number of rotatable bonds is 5. The van der Waals surface area contributed by atoms with Gasteiger partial charge in [-0.1, -0.05) is 12.1 Å². The van der Waals surface area contributed by atoms with Gasteiger partial charge in [-0.25, -0.2) is 4.79 Å². The molecular formula is C17H20ClN3O7. The second-order valence-electron chi connectivity index (χ2n) is 6.02.